The zero-order valence-electron chi connectivity index (χ0n) is 16.5. The third-order valence-corrected chi connectivity index (χ3v) is 4.78. The van der Waals surface area contributed by atoms with Gasteiger partial charge in [-0.05, 0) is 47.2 Å². The van der Waals surface area contributed by atoms with Crippen LogP contribution in [0.25, 0.3) is 0 Å². The van der Waals surface area contributed by atoms with Gasteiger partial charge < -0.3 is 20.1 Å². The van der Waals surface area contributed by atoms with E-state index in [0.29, 0.717) is 40.0 Å². The number of hydrogen-bond donors (Lipinski definition) is 2. The fourth-order valence-corrected chi connectivity index (χ4v) is 3.38. The highest BCUT2D eigenvalue weighted by Gasteiger charge is 2.34. The van der Waals surface area contributed by atoms with Crippen LogP contribution in [0.3, 0.4) is 0 Å². The van der Waals surface area contributed by atoms with Crippen molar-refractivity contribution in [3.8, 4) is 11.5 Å². The van der Waals surface area contributed by atoms with E-state index in [0.717, 1.165) is 0 Å². The smallest absolute Gasteiger partial charge is 0.255 e. The minimum absolute atomic E-state index is 0.346. The normalized spacial score (nSPS) is 15.3. The first-order chi connectivity index (χ1) is 14.5. The molecule has 0 radical (unpaired) electrons. The number of nitrogens with one attached hydrogen (secondary N) is 2. The number of hydrogen-bond acceptors (Lipinski definition) is 7. The summed E-state index contributed by atoms with van der Waals surface area (Å²) in [6, 6.07) is 10.3. The summed E-state index contributed by atoms with van der Waals surface area (Å²) in [7, 11) is 3.04. The Labute approximate surface area is 171 Å². The Balaban J connectivity index is 1.75. The van der Waals surface area contributed by atoms with E-state index in [1.165, 1.54) is 23.9 Å². The molecule has 0 saturated carbocycles. The Morgan fingerprint density at radius 3 is 2.77 bits per heavy atom. The lowest BCUT2D eigenvalue weighted by Crippen LogP contribution is -2.31. The van der Waals surface area contributed by atoms with E-state index in [-0.39, 0.29) is 0 Å². The predicted octanol–water partition coefficient (Wildman–Crippen LogP) is 2.76. The Bertz CT molecular complexity index is 1140. The Morgan fingerprint density at radius 1 is 1.20 bits per heavy atom. The third-order valence-electron chi connectivity index (χ3n) is 4.78. The van der Waals surface area contributed by atoms with Gasteiger partial charge in [0.15, 0.2) is 0 Å². The number of aromatic nitrogens is 4. The van der Waals surface area contributed by atoms with Crippen molar-refractivity contribution in [1.82, 2.24) is 20.2 Å². The van der Waals surface area contributed by atoms with E-state index in [9.17, 15) is 9.18 Å². The largest absolute Gasteiger partial charge is 0.497 e. The standard InChI is InChI=1S/C20H19FN6O3/c1-11-17(19(28)23-15-8-7-14(29-2)10-16(15)30-3)18(12-5-4-6-13(21)9-12)27-20(22-11)24-25-26-27/h4-10,18H,1-3H3,(H,23,28)(H,22,24,26)/t18-/m1/s1. The Morgan fingerprint density at radius 2 is 2.03 bits per heavy atom. The first kappa shape index (κ1) is 19.4. The van der Waals surface area contributed by atoms with E-state index in [2.05, 4.69) is 26.2 Å². The van der Waals surface area contributed by atoms with Gasteiger partial charge in [0, 0.05) is 11.8 Å². The summed E-state index contributed by atoms with van der Waals surface area (Å²) in [5, 5.41) is 17.5. The zero-order valence-corrected chi connectivity index (χ0v) is 16.5. The molecule has 0 bridgehead atoms. The van der Waals surface area contributed by atoms with E-state index >= 15 is 0 Å². The number of carbonyl (C=O) groups excluding carboxylic acids is 1. The molecule has 154 valence electrons. The predicted molar refractivity (Wildman–Crippen MR) is 107 cm³/mol. The van der Waals surface area contributed by atoms with Crippen molar-refractivity contribution in [2.24, 2.45) is 0 Å². The van der Waals surface area contributed by atoms with Crippen molar-refractivity contribution in [2.45, 2.75) is 13.0 Å². The average molecular weight is 410 g/mol. The molecule has 0 aliphatic carbocycles. The van der Waals surface area contributed by atoms with E-state index < -0.39 is 17.8 Å². The van der Waals surface area contributed by atoms with Gasteiger partial charge in [0.25, 0.3) is 5.91 Å². The number of ether oxygens (including phenoxy) is 2. The third kappa shape index (κ3) is 3.43. The number of halogens is 1. The second-order valence-corrected chi connectivity index (χ2v) is 6.59. The summed E-state index contributed by atoms with van der Waals surface area (Å²) in [6.07, 6.45) is 0. The second kappa shape index (κ2) is 7.82. The topological polar surface area (TPSA) is 103 Å². The number of rotatable bonds is 5. The molecule has 1 atom stereocenters. The molecular weight excluding hydrogens is 391 g/mol. The maximum Gasteiger partial charge on any atom is 0.255 e. The summed E-state index contributed by atoms with van der Waals surface area (Å²) >= 11 is 0. The maximum atomic E-state index is 13.9. The molecule has 1 amide bonds. The minimum atomic E-state index is -0.712. The number of methoxy groups -OCH3 is 2. The molecule has 0 spiro atoms. The van der Waals surface area contributed by atoms with Gasteiger partial charge in [0.05, 0.1) is 25.5 Å². The van der Waals surface area contributed by atoms with Crippen LogP contribution in [0.1, 0.15) is 18.5 Å². The van der Waals surface area contributed by atoms with Crippen molar-refractivity contribution in [1.29, 1.82) is 0 Å². The molecule has 1 aliphatic rings. The molecule has 30 heavy (non-hydrogen) atoms. The van der Waals surface area contributed by atoms with Crippen LogP contribution in [-0.2, 0) is 4.79 Å². The molecule has 1 aliphatic heterocycles. The van der Waals surface area contributed by atoms with Crippen molar-refractivity contribution < 1.29 is 18.7 Å². The summed E-state index contributed by atoms with van der Waals surface area (Å²) in [5.74, 6) is 0.569. The van der Waals surface area contributed by atoms with Crippen LogP contribution in [0, 0.1) is 5.82 Å². The number of allylic oxidation sites excluding steroid dienone is 1. The number of fused-ring (bicyclic) bond motifs is 1. The summed E-state index contributed by atoms with van der Waals surface area (Å²) in [4.78, 5) is 13.3. The van der Waals surface area contributed by atoms with Crippen LogP contribution < -0.4 is 20.1 Å². The van der Waals surface area contributed by atoms with E-state index in [1.807, 2.05) is 0 Å². The monoisotopic (exact) mass is 410 g/mol. The summed E-state index contributed by atoms with van der Waals surface area (Å²) in [5.41, 5.74) is 1.90. The first-order valence-corrected chi connectivity index (χ1v) is 9.06. The average Bonchev–Trinajstić information content (AvgIpc) is 3.20. The fraction of sp³-hybridized carbons (Fsp3) is 0.200. The van der Waals surface area contributed by atoms with Gasteiger partial charge in [0.1, 0.15) is 23.4 Å². The molecule has 1 aromatic heterocycles. The van der Waals surface area contributed by atoms with Gasteiger partial charge >= 0.3 is 0 Å². The lowest BCUT2D eigenvalue weighted by atomic mass is 9.95. The number of amides is 1. The molecule has 0 unspecified atom stereocenters. The lowest BCUT2D eigenvalue weighted by molar-refractivity contribution is -0.113. The van der Waals surface area contributed by atoms with Gasteiger partial charge in [-0.25, -0.2) is 4.39 Å². The van der Waals surface area contributed by atoms with Gasteiger partial charge in [-0.15, -0.1) is 0 Å². The quantitative estimate of drug-likeness (QED) is 0.667. The van der Waals surface area contributed by atoms with Gasteiger partial charge in [-0.2, -0.15) is 4.68 Å². The van der Waals surface area contributed by atoms with Gasteiger partial charge in [-0.1, -0.05) is 17.2 Å². The Kier molecular flexibility index (Phi) is 5.05. The van der Waals surface area contributed by atoms with Crippen LogP contribution in [0.5, 0.6) is 11.5 Å². The van der Waals surface area contributed by atoms with Gasteiger partial charge in [0.2, 0.25) is 5.95 Å². The number of carbonyl (C=O) groups is 1. The highest BCUT2D eigenvalue weighted by atomic mass is 19.1. The SMILES string of the molecule is COc1ccc(NC(=O)C2=C(C)Nc3nnnn3[C@@H]2c2cccc(F)c2)c(OC)c1. The van der Waals surface area contributed by atoms with Crippen LogP contribution in [0.2, 0.25) is 0 Å². The molecule has 2 N–H and O–H groups in total. The van der Waals surface area contributed by atoms with Crippen molar-refractivity contribution >= 4 is 17.5 Å². The lowest BCUT2D eigenvalue weighted by Gasteiger charge is -2.28. The van der Waals surface area contributed by atoms with Crippen molar-refractivity contribution in [3.63, 3.8) is 0 Å². The minimum Gasteiger partial charge on any atom is -0.497 e. The van der Waals surface area contributed by atoms with Crippen LogP contribution in [0.4, 0.5) is 16.0 Å². The number of anilines is 2. The zero-order chi connectivity index (χ0) is 21.3. The second-order valence-electron chi connectivity index (χ2n) is 6.59. The molecular formula is C20H19FN6O3. The fourth-order valence-electron chi connectivity index (χ4n) is 3.38. The van der Waals surface area contributed by atoms with Crippen molar-refractivity contribution in [2.75, 3.05) is 24.9 Å². The highest BCUT2D eigenvalue weighted by Crippen LogP contribution is 2.36. The number of benzene rings is 2. The molecule has 0 saturated heterocycles. The van der Waals surface area contributed by atoms with Crippen LogP contribution >= 0.6 is 0 Å². The van der Waals surface area contributed by atoms with E-state index in [4.69, 9.17) is 9.47 Å². The molecule has 9 nitrogen and oxygen atoms in total. The first-order valence-electron chi connectivity index (χ1n) is 9.06. The van der Waals surface area contributed by atoms with E-state index in [1.54, 1.807) is 44.4 Å². The molecule has 4 rings (SSSR count). The maximum absolute atomic E-state index is 13.9. The molecule has 2 heterocycles. The summed E-state index contributed by atoms with van der Waals surface area (Å²) < 4.78 is 25.9. The summed E-state index contributed by atoms with van der Waals surface area (Å²) in [6.45, 7) is 1.74. The Hall–Kier alpha value is -3.95. The number of tetrazole rings is 1. The molecule has 2 aromatic carbocycles. The molecule has 3 aromatic rings. The highest BCUT2D eigenvalue weighted by molar-refractivity contribution is 6.06. The van der Waals surface area contributed by atoms with Crippen LogP contribution in [0.15, 0.2) is 53.7 Å². The van der Waals surface area contributed by atoms with Crippen molar-refractivity contribution in [3.05, 3.63) is 65.1 Å². The molecule has 0 fully saturated rings. The molecule has 10 heteroatoms. The van der Waals surface area contributed by atoms with Crippen LogP contribution in [-0.4, -0.2) is 40.3 Å². The number of nitrogens with zero attached hydrogens (tertiary/aromatic N) is 4. The van der Waals surface area contributed by atoms with Gasteiger partial charge in [-0.3, -0.25) is 4.79 Å².